The van der Waals surface area contributed by atoms with E-state index in [0.29, 0.717) is 6.04 Å². The Morgan fingerprint density at radius 3 is 2.52 bits per heavy atom. The van der Waals surface area contributed by atoms with Gasteiger partial charge in [0.1, 0.15) is 11.4 Å². The average Bonchev–Trinajstić information content (AvgIpc) is 2.59. The van der Waals surface area contributed by atoms with Crippen LogP contribution in [0.2, 0.25) is 0 Å². The van der Waals surface area contributed by atoms with Gasteiger partial charge in [-0.1, -0.05) is 18.2 Å². The van der Waals surface area contributed by atoms with Crippen LogP contribution in [0.25, 0.3) is 10.9 Å². The summed E-state index contributed by atoms with van der Waals surface area (Å²) in [6.45, 7) is 7.14. The summed E-state index contributed by atoms with van der Waals surface area (Å²) in [6, 6.07) is 12.7. The molecule has 134 valence electrons. The minimum absolute atomic E-state index is 0.211. The molecule has 25 heavy (non-hydrogen) atoms. The van der Waals surface area contributed by atoms with E-state index < -0.39 is 5.60 Å². The number of pyridine rings is 1. The zero-order chi connectivity index (χ0) is 18.0. The SMILES string of the molecule is CN(c1ccc2ccccc2n1)C1CCN(C(=O)OC(C)(C)C)CC1. The smallest absolute Gasteiger partial charge is 0.410 e. The second kappa shape index (κ2) is 6.90. The van der Waals surface area contributed by atoms with Crippen LogP contribution in [-0.2, 0) is 4.74 Å². The monoisotopic (exact) mass is 341 g/mol. The Morgan fingerprint density at radius 1 is 1.16 bits per heavy atom. The Bertz CT molecular complexity index is 746. The Balaban J connectivity index is 1.62. The number of likely N-dealkylation sites (tertiary alicyclic amines) is 1. The van der Waals surface area contributed by atoms with Crippen LogP contribution in [0.15, 0.2) is 36.4 Å². The number of fused-ring (bicyclic) bond motifs is 1. The zero-order valence-electron chi connectivity index (χ0n) is 15.5. The van der Waals surface area contributed by atoms with Gasteiger partial charge in [0.15, 0.2) is 0 Å². The maximum absolute atomic E-state index is 12.2. The lowest BCUT2D eigenvalue weighted by atomic mass is 10.0. The van der Waals surface area contributed by atoms with E-state index >= 15 is 0 Å². The van der Waals surface area contributed by atoms with Crippen molar-refractivity contribution < 1.29 is 9.53 Å². The van der Waals surface area contributed by atoms with Gasteiger partial charge in [-0.05, 0) is 51.8 Å². The minimum atomic E-state index is -0.445. The number of rotatable bonds is 2. The number of nitrogens with zero attached hydrogens (tertiary/aromatic N) is 3. The molecule has 2 heterocycles. The quantitative estimate of drug-likeness (QED) is 0.826. The number of aromatic nitrogens is 1. The van der Waals surface area contributed by atoms with Crippen LogP contribution in [0.3, 0.4) is 0 Å². The van der Waals surface area contributed by atoms with Gasteiger partial charge >= 0.3 is 6.09 Å². The van der Waals surface area contributed by atoms with Gasteiger partial charge in [-0.3, -0.25) is 0 Å². The summed E-state index contributed by atoms with van der Waals surface area (Å²) in [5.41, 5.74) is 0.567. The normalized spacial score (nSPS) is 16.1. The van der Waals surface area contributed by atoms with E-state index in [-0.39, 0.29) is 6.09 Å². The maximum atomic E-state index is 12.2. The molecular formula is C20H27N3O2. The molecule has 1 aromatic heterocycles. The average molecular weight is 341 g/mol. The molecule has 0 saturated carbocycles. The third kappa shape index (κ3) is 4.21. The van der Waals surface area contributed by atoms with E-state index in [9.17, 15) is 4.79 Å². The molecule has 1 amide bonds. The van der Waals surface area contributed by atoms with Crippen LogP contribution in [0.4, 0.5) is 10.6 Å². The van der Waals surface area contributed by atoms with Crippen molar-refractivity contribution in [2.75, 3.05) is 25.0 Å². The molecule has 3 rings (SSSR count). The molecule has 0 radical (unpaired) electrons. The number of hydrogen-bond acceptors (Lipinski definition) is 4. The number of carbonyl (C=O) groups excluding carboxylic acids is 1. The number of amides is 1. The van der Waals surface area contributed by atoms with Crippen molar-refractivity contribution in [3.8, 4) is 0 Å². The van der Waals surface area contributed by atoms with Crippen molar-refractivity contribution in [3.63, 3.8) is 0 Å². The van der Waals surface area contributed by atoms with Crippen molar-refractivity contribution in [3.05, 3.63) is 36.4 Å². The Morgan fingerprint density at radius 2 is 1.84 bits per heavy atom. The van der Waals surface area contributed by atoms with E-state index in [4.69, 9.17) is 9.72 Å². The first-order valence-electron chi connectivity index (χ1n) is 8.90. The first-order valence-corrected chi connectivity index (χ1v) is 8.90. The van der Waals surface area contributed by atoms with Gasteiger partial charge in [0.2, 0.25) is 0 Å². The standard InChI is InChI=1S/C20H27N3O2/c1-20(2,3)25-19(24)23-13-11-16(12-14-23)22(4)18-10-9-15-7-5-6-8-17(15)21-18/h5-10,16H,11-14H2,1-4H3. The second-order valence-electron chi connectivity index (χ2n) is 7.67. The summed E-state index contributed by atoms with van der Waals surface area (Å²) in [5.74, 6) is 0.981. The van der Waals surface area contributed by atoms with Crippen LogP contribution >= 0.6 is 0 Å². The predicted molar refractivity (Wildman–Crippen MR) is 101 cm³/mol. The number of piperidine rings is 1. The molecule has 5 heteroatoms. The summed E-state index contributed by atoms with van der Waals surface area (Å²) >= 11 is 0. The van der Waals surface area contributed by atoms with Crippen molar-refractivity contribution in [2.45, 2.75) is 45.3 Å². The van der Waals surface area contributed by atoms with Gasteiger partial charge in [0.25, 0.3) is 0 Å². The minimum Gasteiger partial charge on any atom is -0.444 e. The Labute approximate surface area is 149 Å². The molecule has 1 aromatic carbocycles. The molecule has 0 unspecified atom stereocenters. The largest absolute Gasteiger partial charge is 0.444 e. The summed E-state index contributed by atoms with van der Waals surface area (Å²) in [5, 5.41) is 1.15. The molecule has 0 bridgehead atoms. The van der Waals surface area contributed by atoms with Gasteiger partial charge in [-0.15, -0.1) is 0 Å². The summed E-state index contributed by atoms with van der Waals surface area (Å²) in [6.07, 6.45) is 1.63. The molecular weight excluding hydrogens is 314 g/mol. The van der Waals surface area contributed by atoms with Crippen LogP contribution in [0.1, 0.15) is 33.6 Å². The molecule has 0 spiro atoms. The first kappa shape index (κ1) is 17.5. The summed E-state index contributed by atoms with van der Waals surface area (Å²) < 4.78 is 5.47. The Kier molecular flexibility index (Phi) is 4.84. The highest BCUT2D eigenvalue weighted by atomic mass is 16.6. The second-order valence-corrected chi connectivity index (χ2v) is 7.67. The van der Waals surface area contributed by atoms with Crippen molar-refractivity contribution in [1.29, 1.82) is 0 Å². The maximum Gasteiger partial charge on any atom is 0.410 e. The van der Waals surface area contributed by atoms with Gasteiger partial charge in [-0.2, -0.15) is 0 Å². The highest BCUT2D eigenvalue weighted by Gasteiger charge is 2.28. The number of carbonyl (C=O) groups is 1. The third-order valence-electron chi connectivity index (χ3n) is 4.61. The highest BCUT2D eigenvalue weighted by Crippen LogP contribution is 2.24. The molecule has 2 aromatic rings. The molecule has 0 N–H and O–H groups in total. The first-order chi connectivity index (χ1) is 11.8. The van der Waals surface area contributed by atoms with E-state index in [1.54, 1.807) is 0 Å². The lowest BCUT2D eigenvalue weighted by Gasteiger charge is -2.37. The van der Waals surface area contributed by atoms with E-state index in [1.165, 1.54) is 0 Å². The molecule has 1 aliphatic rings. The fraction of sp³-hybridized carbons (Fsp3) is 0.500. The predicted octanol–water partition coefficient (Wildman–Crippen LogP) is 4.07. The zero-order valence-corrected chi connectivity index (χ0v) is 15.5. The number of anilines is 1. The van der Waals surface area contributed by atoms with Crippen molar-refractivity contribution in [2.24, 2.45) is 0 Å². The summed E-state index contributed by atoms with van der Waals surface area (Å²) in [4.78, 5) is 21.0. The number of para-hydroxylation sites is 1. The van der Waals surface area contributed by atoms with E-state index in [1.807, 2.05) is 43.9 Å². The van der Waals surface area contributed by atoms with Crippen LogP contribution in [-0.4, -0.2) is 47.8 Å². The van der Waals surface area contributed by atoms with Crippen LogP contribution in [0.5, 0.6) is 0 Å². The lowest BCUT2D eigenvalue weighted by molar-refractivity contribution is 0.0205. The van der Waals surface area contributed by atoms with E-state index in [2.05, 4.69) is 30.1 Å². The van der Waals surface area contributed by atoms with Gasteiger partial charge in [-0.25, -0.2) is 9.78 Å². The molecule has 1 saturated heterocycles. The van der Waals surface area contributed by atoms with Gasteiger partial charge < -0.3 is 14.5 Å². The van der Waals surface area contributed by atoms with Crippen LogP contribution < -0.4 is 4.90 Å². The van der Waals surface area contributed by atoms with Gasteiger partial charge in [0.05, 0.1) is 5.52 Å². The molecule has 1 aliphatic heterocycles. The number of ether oxygens (including phenoxy) is 1. The fourth-order valence-electron chi connectivity index (χ4n) is 3.20. The topological polar surface area (TPSA) is 45.7 Å². The van der Waals surface area contributed by atoms with Crippen molar-refractivity contribution >= 4 is 22.8 Å². The molecule has 0 atom stereocenters. The molecule has 1 fully saturated rings. The summed E-state index contributed by atoms with van der Waals surface area (Å²) in [7, 11) is 2.09. The Hall–Kier alpha value is -2.30. The highest BCUT2D eigenvalue weighted by molar-refractivity contribution is 5.80. The third-order valence-corrected chi connectivity index (χ3v) is 4.61. The van der Waals surface area contributed by atoms with E-state index in [0.717, 1.165) is 42.7 Å². The molecule has 5 nitrogen and oxygen atoms in total. The number of hydrogen-bond donors (Lipinski definition) is 0. The number of benzene rings is 1. The van der Waals surface area contributed by atoms with Crippen molar-refractivity contribution in [1.82, 2.24) is 9.88 Å². The molecule has 0 aliphatic carbocycles. The lowest BCUT2D eigenvalue weighted by Crippen LogP contribution is -2.47. The fourth-order valence-corrected chi connectivity index (χ4v) is 3.20. The van der Waals surface area contributed by atoms with Crippen LogP contribution in [0, 0.1) is 0 Å². The van der Waals surface area contributed by atoms with Gasteiger partial charge in [0, 0.05) is 31.6 Å².